The first-order valence-corrected chi connectivity index (χ1v) is 14.3. The number of nitrogens with one attached hydrogen (secondary N) is 1. The molecule has 4 rings (SSSR count). The summed E-state index contributed by atoms with van der Waals surface area (Å²) in [5.74, 6) is -1.28. The van der Waals surface area contributed by atoms with Gasteiger partial charge in [0.05, 0.1) is 11.5 Å². The zero-order valence-corrected chi connectivity index (χ0v) is 23.7. The third-order valence-electron chi connectivity index (χ3n) is 5.69. The van der Waals surface area contributed by atoms with Crippen molar-refractivity contribution in [1.82, 2.24) is 4.90 Å². The van der Waals surface area contributed by atoms with Crippen LogP contribution in [0.25, 0.3) is 17.2 Å². The second-order valence-corrected chi connectivity index (χ2v) is 10.9. The molecule has 1 fully saturated rings. The lowest BCUT2D eigenvalue weighted by molar-refractivity contribution is -0.122. The van der Waals surface area contributed by atoms with Crippen molar-refractivity contribution in [3.05, 3.63) is 76.0 Å². The van der Waals surface area contributed by atoms with Crippen LogP contribution < -0.4 is 10.1 Å². The SMILES string of the molecule is CCOC(=O)c1c(-c2ccccc2)csc1NC(=O)CCCN1C(=O)/C(=C/c2ccccc2OC(F)F)SC1=S. The lowest BCUT2D eigenvalue weighted by atomic mass is 10.0. The summed E-state index contributed by atoms with van der Waals surface area (Å²) in [5.41, 5.74) is 2.12. The van der Waals surface area contributed by atoms with Crippen molar-refractivity contribution in [2.45, 2.75) is 26.4 Å². The highest BCUT2D eigenvalue weighted by atomic mass is 32.2. The van der Waals surface area contributed by atoms with Gasteiger partial charge in [-0.05, 0) is 31.1 Å². The van der Waals surface area contributed by atoms with Crippen LogP contribution in [0.4, 0.5) is 13.8 Å². The number of carbonyl (C=O) groups excluding carboxylic acids is 3. The first-order chi connectivity index (χ1) is 19.3. The summed E-state index contributed by atoms with van der Waals surface area (Å²) in [5, 5.41) is 4.99. The predicted octanol–water partition coefficient (Wildman–Crippen LogP) is 6.81. The van der Waals surface area contributed by atoms with E-state index in [1.54, 1.807) is 30.5 Å². The van der Waals surface area contributed by atoms with Gasteiger partial charge in [-0.1, -0.05) is 72.5 Å². The number of rotatable bonds is 11. The van der Waals surface area contributed by atoms with Crippen molar-refractivity contribution >= 4 is 68.5 Å². The summed E-state index contributed by atoms with van der Waals surface area (Å²) < 4.78 is 35.5. The van der Waals surface area contributed by atoms with E-state index in [1.807, 2.05) is 30.3 Å². The molecule has 2 heterocycles. The average molecular weight is 603 g/mol. The highest BCUT2D eigenvalue weighted by molar-refractivity contribution is 8.26. The first kappa shape index (κ1) is 29.4. The standard InChI is InChI=1S/C28H24F2N2O5S3/c1-2-36-26(35)23-19(17-9-4-3-5-10-17)16-39-24(23)31-22(33)13-8-14-32-25(34)21(40-28(32)38)15-18-11-6-7-12-20(18)37-27(29)30/h3-7,9-12,15-16,27H,2,8,13-14H2,1H3,(H,31,33)/b21-15-. The van der Waals surface area contributed by atoms with Crippen molar-refractivity contribution in [1.29, 1.82) is 0 Å². The highest BCUT2D eigenvalue weighted by Crippen LogP contribution is 2.37. The number of thiophene rings is 1. The zero-order valence-electron chi connectivity index (χ0n) is 21.2. The summed E-state index contributed by atoms with van der Waals surface area (Å²) in [6.07, 6.45) is 1.84. The molecule has 1 saturated heterocycles. The number of benzene rings is 2. The van der Waals surface area contributed by atoms with Crippen molar-refractivity contribution in [3.63, 3.8) is 0 Å². The lowest BCUT2D eigenvalue weighted by Crippen LogP contribution is -2.29. The van der Waals surface area contributed by atoms with E-state index in [4.69, 9.17) is 17.0 Å². The van der Waals surface area contributed by atoms with Crippen molar-refractivity contribution in [2.75, 3.05) is 18.5 Å². The number of thiocarbonyl (C=S) groups is 1. The smallest absolute Gasteiger partial charge is 0.387 e. The highest BCUT2D eigenvalue weighted by Gasteiger charge is 2.32. The molecule has 12 heteroatoms. The minimum Gasteiger partial charge on any atom is -0.462 e. The average Bonchev–Trinajstić information content (AvgIpc) is 3.46. The molecular weight excluding hydrogens is 579 g/mol. The van der Waals surface area contributed by atoms with Gasteiger partial charge in [0.2, 0.25) is 5.91 Å². The fraction of sp³-hybridized carbons (Fsp3) is 0.214. The largest absolute Gasteiger partial charge is 0.462 e. The molecule has 0 aliphatic carbocycles. The number of ether oxygens (including phenoxy) is 2. The van der Waals surface area contributed by atoms with Gasteiger partial charge in [-0.3, -0.25) is 14.5 Å². The summed E-state index contributed by atoms with van der Waals surface area (Å²) in [6, 6.07) is 15.5. The summed E-state index contributed by atoms with van der Waals surface area (Å²) in [4.78, 5) is 40.1. The number of anilines is 1. The number of carbonyl (C=O) groups is 3. The van der Waals surface area contributed by atoms with Gasteiger partial charge in [-0.15, -0.1) is 11.3 Å². The third-order valence-corrected chi connectivity index (χ3v) is 7.96. The van der Waals surface area contributed by atoms with Crippen LogP contribution in [0.1, 0.15) is 35.7 Å². The van der Waals surface area contributed by atoms with Gasteiger partial charge >= 0.3 is 12.6 Å². The van der Waals surface area contributed by atoms with Gasteiger partial charge in [0.15, 0.2) is 0 Å². The summed E-state index contributed by atoms with van der Waals surface area (Å²) >= 11 is 7.63. The van der Waals surface area contributed by atoms with E-state index in [2.05, 4.69) is 10.1 Å². The van der Waals surface area contributed by atoms with Crippen LogP contribution in [-0.2, 0) is 14.3 Å². The van der Waals surface area contributed by atoms with Gasteiger partial charge < -0.3 is 14.8 Å². The van der Waals surface area contributed by atoms with E-state index < -0.39 is 12.6 Å². The molecule has 0 radical (unpaired) electrons. The second-order valence-electron chi connectivity index (χ2n) is 8.34. The van der Waals surface area contributed by atoms with Crippen LogP contribution in [0.2, 0.25) is 0 Å². The van der Waals surface area contributed by atoms with E-state index in [0.717, 1.165) is 17.3 Å². The molecule has 2 amide bonds. The maximum atomic E-state index is 12.9. The van der Waals surface area contributed by atoms with Crippen LogP contribution in [0.15, 0.2) is 64.9 Å². The number of alkyl halides is 2. The van der Waals surface area contributed by atoms with Crippen LogP contribution in [0.5, 0.6) is 5.75 Å². The van der Waals surface area contributed by atoms with Crippen LogP contribution in [0.3, 0.4) is 0 Å². The quantitative estimate of drug-likeness (QED) is 0.147. The second kappa shape index (κ2) is 13.6. The van der Waals surface area contributed by atoms with Crippen LogP contribution in [0, 0.1) is 0 Å². The molecule has 1 aliphatic heterocycles. The van der Waals surface area contributed by atoms with Gasteiger partial charge in [-0.25, -0.2) is 4.79 Å². The molecule has 0 atom stereocenters. The Labute approximate surface area is 243 Å². The number of esters is 1. The number of halogens is 2. The fourth-order valence-corrected chi connectivity index (χ4v) is 6.18. The Kier molecular flexibility index (Phi) is 10.0. The summed E-state index contributed by atoms with van der Waals surface area (Å²) in [6.45, 7) is -0.902. The van der Waals surface area contributed by atoms with E-state index >= 15 is 0 Å². The molecule has 0 bridgehead atoms. The van der Waals surface area contributed by atoms with E-state index in [9.17, 15) is 23.2 Å². The number of hydrogen-bond donors (Lipinski definition) is 1. The Morgan fingerprint density at radius 3 is 2.58 bits per heavy atom. The molecule has 1 aliphatic rings. The maximum absolute atomic E-state index is 12.9. The molecule has 3 aromatic rings. The molecule has 0 spiro atoms. The molecule has 0 unspecified atom stereocenters. The number of amides is 2. The lowest BCUT2D eigenvalue weighted by Gasteiger charge is -2.14. The number of thioether (sulfide) groups is 1. The van der Waals surface area contributed by atoms with Crippen molar-refractivity contribution < 1.29 is 32.6 Å². The first-order valence-electron chi connectivity index (χ1n) is 12.2. The molecule has 2 aromatic carbocycles. The van der Waals surface area contributed by atoms with Crippen molar-refractivity contribution in [3.8, 4) is 16.9 Å². The Bertz CT molecular complexity index is 1440. The summed E-state index contributed by atoms with van der Waals surface area (Å²) in [7, 11) is 0. The van der Waals surface area contributed by atoms with E-state index in [0.29, 0.717) is 32.4 Å². The topological polar surface area (TPSA) is 84.9 Å². The Balaban J connectivity index is 1.39. The predicted molar refractivity (Wildman–Crippen MR) is 157 cm³/mol. The molecule has 208 valence electrons. The van der Waals surface area contributed by atoms with Crippen LogP contribution in [-0.4, -0.2) is 46.8 Å². The minimum absolute atomic E-state index is 0.0503. The molecular formula is C28H24F2N2O5S3. The van der Waals surface area contributed by atoms with Crippen molar-refractivity contribution in [2.24, 2.45) is 0 Å². The molecule has 7 nitrogen and oxygen atoms in total. The number of nitrogens with zero attached hydrogens (tertiary/aromatic N) is 1. The monoisotopic (exact) mass is 602 g/mol. The maximum Gasteiger partial charge on any atom is 0.387 e. The Hall–Kier alpha value is -3.61. The molecule has 0 saturated carbocycles. The number of para-hydroxylation sites is 1. The number of hydrogen-bond acceptors (Lipinski definition) is 8. The fourth-order valence-electron chi connectivity index (χ4n) is 3.91. The molecule has 40 heavy (non-hydrogen) atoms. The van der Waals surface area contributed by atoms with Crippen LogP contribution >= 0.6 is 35.3 Å². The zero-order chi connectivity index (χ0) is 28.6. The van der Waals surface area contributed by atoms with Gasteiger partial charge in [0.25, 0.3) is 5.91 Å². The Morgan fingerprint density at radius 1 is 1.12 bits per heavy atom. The van der Waals surface area contributed by atoms with E-state index in [1.165, 1.54) is 28.4 Å². The van der Waals surface area contributed by atoms with E-state index in [-0.39, 0.29) is 42.0 Å². The minimum atomic E-state index is -3.00. The normalized spacial score (nSPS) is 14.2. The Morgan fingerprint density at radius 2 is 1.85 bits per heavy atom. The van der Waals surface area contributed by atoms with Gasteiger partial charge in [-0.2, -0.15) is 8.78 Å². The molecule has 1 aromatic heterocycles. The third kappa shape index (κ3) is 7.12. The van der Waals surface area contributed by atoms with Gasteiger partial charge in [0.1, 0.15) is 20.6 Å². The van der Waals surface area contributed by atoms with Gasteiger partial charge in [0, 0.05) is 29.5 Å². The molecule has 1 N–H and O–H groups in total.